The van der Waals surface area contributed by atoms with Gasteiger partial charge in [-0.1, -0.05) is 23.7 Å². The molecule has 1 heterocycles. The van der Waals surface area contributed by atoms with Gasteiger partial charge in [0.1, 0.15) is 11.5 Å². The van der Waals surface area contributed by atoms with Crippen molar-refractivity contribution in [3.8, 4) is 11.5 Å². The number of hydrogen-bond acceptors (Lipinski definition) is 4. The maximum Gasteiger partial charge on any atom is 0.223 e. The normalized spacial score (nSPS) is 16.2. The molecule has 28 heavy (non-hydrogen) atoms. The van der Waals surface area contributed by atoms with Crippen LogP contribution in [0.15, 0.2) is 42.5 Å². The Balaban J connectivity index is 0.00000280. The monoisotopic (exact) mass is 424 g/mol. The molecule has 0 spiro atoms. The second kappa shape index (κ2) is 10.6. The topological polar surface area (TPSA) is 50.8 Å². The number of amides is 1. The molecule has 0 saturated carbocycles. The lowest BCUT2D eigenvalue weighted by Crippen LogP contribution is -2.48. The number of nitrogens with one attached hydrogen (secondary N) is 1. The van der Waals surface area contributed by atoms with E-state index < -0.39 is 0 Å². The molecule has 1 N–H and O–H groups in total. The van der Waals surface area contributed by atoms with Crippen molar-refractivity contribution >= 4 is 29.9 Å². The van der Waals surface area contributed by atoms with Crippen molar-refractivity contribution in [2.24, 2.45) is 0 Å². The lowest BCUT2D eigenvalue weighted by Gasteiger charge is -2.36. The Kier molecular flexibility index (Phi) is 8.42. The standard InChI is InChI=1S/C21H25ClN2O3.ClH/c1-26-18-7-8-20(27-2)16(13-18)6-9-21(25)24-11-10-23-14-19(24)15-4-3-5-17(22)12-15;/h3-5,7-8,12-13,19,23H,6,9-11,14H2,1-2H3;1H. The summed E-state index contributed by atoms with van der Waals surface area (Å²) in [5.74, 6) is 1.67. The number of carbonyl (C=O) groups excluding carboxylic acids is 1. The molecule has 3 rings (SSSR count). The first-order chi connectivity index (χ1) is 13.1. The third-order valence-corrected chi connectivity index (χ3v) is 5.13. The first-order valence-corrected chi connectivity index (χ1v) is 9.46. The summed E-state index contributed by atoms with van der Waals surface area (Å²) in [6.45, 7) is 2.21. The van der Waals surface area contributed by atoms with E-state index >= 15 is 0 Å². The molecule has 1 unspecified atom stereocenters. The minimum Gasteiger partial charge on any atom is -0.497 e. The number of rotatable bonds is 6. The van der Waals surface area contributed by atoms with Gasteiger partial charge in [0, 0.05) is 31.1 Å². The third kappa shape index (κ3) is 5.31. The summed E-state index contributed by atoms with van der Waals surface area (Å²) < 4.78 is 10.7. The van der Waals surface area contributed by atoms with Crippen LogP contribution in [0.1, 0.15) is 23.6 Å². The van der Waals surface area contributed by atoms with Crippen LogP contribution in [0.3, 0.4) is 0 Å². The van der Waals surface area contributed by atoms with Crippen LogP contribution in [-0.4, -0.2) is 44.7 Å². The van der Waals surface area contributed by atoms with Crippen molar-refractivity contribution in [2.75, 3.05) is 33.9 Å². The van der Waals surface area contributed by atoms with E-state index in [2.05, 4.69) is 5.32 Å². The summed E-state index contributed by atoms with van der Waals surface area (Å²) >= 11 is 6.14. The molecule has 152 valence electrons. The van der Waals surface area contributed by atoms with Gasteiger partial charge in [-0.25, -0.2) is 0 Å². The van der Waals surface area contributed by atoms with E-state index in [1.165, 1.54) is 0 Å². The van der Waals surface area contributed by atoms with E-state index in [1.807, 2.05) is 47.4 Å². The van der Waals surface area contributed by atoms with Crippen molar-refractivity contribution < 1.29 is 14.3 Å². The van der Waals surface area contributed by atoms with Gasteiger partial charge in [0.2, 0.25) is 5.91 Å². The Hall–Kier alpha value is -1.95. The van der Waals surface area contributed by atoms with Crippen LogP contribution in [0, 0.1) is 0 Å². The highest BCUT2D eigenvalue weighted by Crippen LogP contribution is 2.28. The van der Waals surface area contributed by atoms with E-state index in [0.29, 0.717) is 24.4 Å². The van der Waals surface area contributed by atoms with Crippen LogP contribution in [0.4, 0.5) is 0 Å². The third-order valence-electron chi connectivity index (χ3n) is 4.89. The molecule has 1 fully saturated rings. The zero-order valence-corrected chi connectivity index (χ0v) is 17.7. The highest BCUT2D eigenvalue weighted by Gasteiger charge is 2.27. The Morgan fingerprint density at radius 3 is 2.75 bits per heavy atom. The first kappa shape index (κ1) is 22.3. The fourth-order valence-electron chi connectivity index (χ4n) is 3.48. The lowest BCUT2D eigenvalue weighted by atomic mass is 10.0. The van der Waals surface area contributed by atoms with E-state index in [4.69, 9.17) is 21.1 Å². The smallest absolute Gasteiger partial charge is 0.223 e. The molecule has 1 aliphatic heterocycles. The summed E-state index contributed by atoms with van der Waals surface area (Å²) in [4.78, 5) is 14.9. The molecule has 0 aromatic heterocycles. The molecule has 1 amide bonds. The van der Waals surface area contributed by atoms with Crippen LogP contribution in [0.2, 0.25) is 5.02 Å². The average molecular weight is 425 g/mol. The van der Waals surface area contributed by atoms with Crippen molar-refractivity contribution in [3.05, 3.63) is 58.6 Å². The second-order valence-electron chi connectivity index (χ2n) is 6.54. The molecule has 1 aliphatic rings. The molecule has 5 nitrogen and oxygen atoms in total. The maximum atomic E-state index is 13.0. The molecule has 2 aromatic rings. The SMILES string of the molecule is COc1ccc(OC)c(CCC(=O)N2CCNCC2c2cccc(Cl)c2)c1.Cl. The Morgan fingerprint density at radius 2 is 2.04 bits per heavy atom. The minimum absolute atomic E-state index is 0. The molecule has 7 heteroatoms. The summed E-state index contributed by atoms with van der Waals surface area (Å²) in [5.41, 5.74) is 2.03. The Bertz CT molecular complexity index is 801. The summed E-state index contributed by atoms with van der Waals surface area (Å²) in [7, 11) is 3.27. The van der Waals surface area contributed by atoms with Gasteiger partial charge in [0.05, 0.1) is 20.3 Å². The number of ether oxygens (including phenoxy) is 2. The lowest BCUT2D eigenvalue weighted by molar-refractivity contribution is -0.134. The van der Waals surface area contributed by atoms with Crippen LogP contribution in [0.25, 0.3) is 0 Å². The van der Waals surface area contributed by atoms with Gasteiger partial charge in [-0.05, 0) is 47.9 Å². The van der Waals surface area contributed by atoms with E-state index in [0.717, 1.165) is 35.7 Å². The van der Waals surface area contributed by atoms with Gasteiger partial charge < -0.3 is 19.7 Å². The van der Waals surface area contributed by atoms with Crippen LogP contribution in [-0.2, 0) is 11.2 Å². The number of benzene rings is 2. The van der Waals surface area contributed by atoms with Gasteiger partial charge in [0.15, 0.2) is 0 Å². The first-order valence-electron chi connectivity index (χ1n) is 9.09. The summed E-state index contributed by atoms with van der Waals surface area (Å²) in [6, 6.07) is 13.4. The molecular weight excluding hydrogens is 399 g/mol. The highest BCUT2D eigenvalue weighted by atomic mass is 35.5. The number of piperazine rings is 1. The van der Waals surface area contributed by atoms with E-state index in [-0.39, 0.29) is 24.4 Å². The number of aryl methyl sites for hydroxylation is 1. The average Bonchev–Trinajstić information content (AvgIpc) is 2.71. The van der Waals surface area contributed by atoms with Gasteiger partial charge in [0.25, 0.3) is 0 Å². The quantitative estimate of drug-likeness (QED) is 0.763. The summed E-state index contributed by atoms with van der Waals surface area (Å²) in [5, 5.41) is 4.06. The largest absolute Gasteiger partial charge is 0.497 e. The van der Waals surface area contributed by atoms with Crippen molar-refractivity contribution in [2.45, 2.75) is 18.9 Å². The number of carbonyl (C=O) groups is 1. The predicted molar refractivity (Wildman–Crippen MR) is 114 cm³/mol. The Morgan fingerprint density at radius 1 is 1.21 bits per heavy atom. The number of halogens is 2. The van der Waals surface area contributed by atoms with Crippen LogP contribution < -0.4 is 14.8 Å². The highest BCUT2D eigenvalue weighted by molar-refractivity contribution is 6.30. The van der Waals surface area contributed by atoms with E-state index in [1.54, 1.807) is 14.2 Å². The molecule has 0 radical (unpaired) electrons. The van der Waals surface area contributed by atoms with E-state index in [9.17, 15) is 4.79 Å². The minimum atomic E-state index is -0.00263. The van der Waals surface area contributed by atoms with Crippen molar-refractivity contribution in [1.82, 2.24) is 10.2 Å². The summed E-state index contributed by atoms with van der Waals surface area (Å²) in [6.07, 6.45) is 1.02. The maximum absolute atomic E-state index is 13.0. The second-order valence-corrected chi connectivity index (χ2v) is 6.98. The zero-order valence-electron chi connectivity index (χ0n) is 16.1. The van der Waals surface area contributed by atoms with Crippen LogP contribution in [0.5, 0.6) is 11.5 Å². The molecule has 1 saturated heterocycles. The fourth-order valence-corrected chi connectivity index (χ4v) is 3.68. The zero-order chi connectivity index (χ0) is 19.2. The molecular formula is C21H26Cl2N2O3. The van der Waals surface area contributed by atoms with Gasteiger partial charge in [-0.15, -0.1) is 12.4 Å². The molecule has 0 aliphatic carbocycles. The van der Waals surface area contributed by atoms with Gasteiger partial charge >= 0.3 is 0 Å². The van der Waals surface area contributed by atoms with Crippen molar-refractivity contribution in [1.29, 1.82) is 0 Å². The fraction of sp³-hybridized carbons (Fsp3) is 0.381. The molecule has 2 aromatic carbocycles. The number of nitrogens with zero attached hydrogens (tertiary/aromatic N) is 1. The molecule has 1 atom stereocenters. The Labute approximate surface area is 177 Å². The number of methoxy groups -OCH3 is 2. The van der Waals surface area contributed by atoms with Crippen molar-refractivity contribution in [3.63, 3.8) is 0 Å². The van der Waals surface area contributed by atoms with Gasteiger partial charge in [-0.3, -0.25) is 4.79 Å². The van der Waals surface area contributed by atoms with Crippen LogP contribution >= 0.6 is 24.0 Å². The van der Waals surface area contributed by atoms with Gasteiger partial charge in [-0.2, -0.15) is 0 Å². The molecule has 0 bridgehead atoms. The number of hydrogen-bond donors (Lipinski definition) is 1. The predicted octanol–water partition coefficient (Wildman–Crippen LogP) is 3.88.